The minimum absolute atomic E-state index is 0.262. The normalized spacial score (nSPS) is 17.2. The van der Waals surface area contributed by atoms with E-state index in [0.29, 0.717) is 24.0 Å². The number of hydrogen-bond donors (Lipinski definition) is 0. The molecule has 0 radical (unpaired) electrons. The number of rotatable bonds is 3. The lowest BCUT2D eigenvalue weighted by molar-refractivity contribution is -0.133. The Bertz CT molecular complexity index is 787. The first-order chi connectivity index (χ1) is 12.1. The van der Waals surface area contributed by atoms with Crippen molar-refractivity contribution in [3.63, 3.8) is 0 Å². The molecule has 4 rings (SSSR count). The maximum Gasteiger partial charge on any atom is 0.223 e. The molecule has 0 spiro atoms. The van der Waals surface area contributed by atoms with Crippen LogP contribution in [0.3, 0.4) is 0 Å². The van der Waals surface area contributed by atoms with Gasteiger partial charge in [-0.05, 0) is 36.2 Å². The van der Waals surface area contributed by atoms with E-state index < -0.39 is 0 Å². The van der Waals surface area contributed by atoms with E-state index in [4.69, 9.17) is 11.6 Å². The highest BCUT2D eigenvalue weighted by Gasteiger charge is 2.31. The van der Waals surface area contributed by atoms with Gasteiger partial charge in [-0.1, -0.05) is 29.8 Å². The standard InChI is InChI=1S/C20H22ClN3O/c1-14-9-19(21)22-18-7-8-23(13-17(14)18)20(25)10-15-11-24(12-15)16-5-3-2-4-6-16/h2-6,9,15H,7-8,10-13H2,1H3. The summed E-state index contributed by atoms with van der Waals surface area (Å²) in [6.07, 6.45) is 1.43. The number of aromatic nitrogens is 1. The number of carbonyl (C=O) groups excluding carboxylic acids is 1. The van der Waals surface area contributed by atoms with Gasteiger partial charge in [-0.3, -0.25) is 4.79 Å². The smallest absolute Gasteiger partial charge is 0.223 e. The van der Waals surface area contributed by atoms with E-state index in [0.717, 1.165) is 37.3 Å². The van der Waals surface area contributed by atoms with Gasteiger partial charge in [0.15, 0.2) is 0 Å². The number of anilines is 1. The number of halogens is 1. The Kier molecular flexibility index (Phi) is 4.38. The summed E-state index contributed by atoms with van der Waals surface area (Å²) in [6.45, 7) is 5.39. The number of pyridine rings is 1. The topological polar surface area (TPSA) is 36.4 Å². The number of fused-ring (bicyclic) bond motifs is 1. The first kappa shape index (κ1) is 16.4. The molecule has 2 aromatic rings. The predicted molar refractivity (Wildman–Crippen MR) is 99.9 cm³/mol. The maximum absolute atomic E-state index is 12.7. The van der Waals surface area contributed by atoms with Crippen LogP contribution in [0.15, 0.2) is 36.4 Å². The third-order valence-corrected chi connectivity index (χ3v) is 5.46. The lowest BCUT2D eigenvalue weighted by atomic mass is 9.94. The lowest BCUT2D eigenvalue weighted by Gasteiger charge is -2.41. The molecular formula is C20H22ClN3O. The molecule has 0 atom stereocenters. The van der Waals surface area contributed by atoms with Crippen molar-refractivity contribution in [3.8, 4) is 0 Å². The van der Waals surface area contributed by atoms with Crippen LogP contribution in [0, 0.1) is 12.8 Å². The van der Waals surface area contributed by atoms with E-state index >= 15 is 0 Å². The Hall–Kier alpha value is -2.07. The van der Waals surface area contributed by atoms with Gasteiger partial charge in [0.1, 0.15) is 5.15 Å². The molecular weight excluding hydrogens is 334 g/mol. The largest absolute Gasteiger partial charge is 0.371 e. The lowest BCUT2D eigenvalue weighted by Crippen LogP contribution is -2.49. The molecule has 0 N–H and O–H groups in total. The van der Waals surface area contributed by atoms with Gasteiger partial charge >= 0.3 is 0 Å². The molecule has 1 amide bonds. The van der Waals surface area contributed by atoms with Gasteiger partial charge in [0, 0.05) is 56.3 Å². The number of aryl methyl sites for hydroxylation is 1. The summed E-state index contributed by atoms with van der Waals surface area (Å²) in [5, 5.41) is 0.548. The van der Waals surface area contributed by atoms with Gasteiger partial charge in [-0.2, -0.15) is 0 Å². The van der Waals surface area contributed by atoms with Crippen molar-refractivity contribution in [1.82, 2.24) is 9.88 Å². The van der Waals surface area contributed by atoms with Crippen LogP contribution < -0.4 is 4.90 Å². The van der Waals surface area contributed by atoms with Crippen molar-refractivity contribution in [3.05, 3.63) is 58.4 Å². The van der Waals surface area contributed by atoms with E-state index in [-0.39, 0.29) is 5.91 Å². The summed E-state index contributed by atoms with van der Waals surface area (Å²) >= 11 is 6.04. The van der Waals surface area contributed by atoms with Crippen molar-refractivity contribution in [2.24, 2.45) is 5.92 Å². The minimum Gasteiger partial charge on any atom is -0.371 e. The first-order valence-corrected chi connectivity index (χ1v) is 9.20. The average molecular weight is 356 g/mol. The zero-order valence-electron chi connectivity index (χ0n) is 14.4. The van der Waals surface area contributed by atoms with Gasteiger partial charge in [0.25, 0.3) is 0 Å². The van der Waals surface area contributed by atoms with Crippen LogP contribution in [0.2, 0.25) is 5.15 Å². The fourth-order valence-electron chi connectivity index (χ4n) is 3.79. The Morgan fingerprint density at radius 3 is 2.80 bits per heavy atom. The SMILES string of the molecule is Cc1cc(Cl)nc2c1CN(C(=O)CC1CN(c3ccccc3)C1)CC2. The quantitative estimate of drug-likeness (QED) is 0.791. The molecule has 1 saturated heterocycles. The monoisotopic (exact) mass is 355 g/mol. The van der Waals surface area contributed by atoms with Crippen LogP contribution in [-0.2, 0) is 17.8 Å². The number of para-hydroxylation sites is 1. The summed E-state index contributed by atoms with van der Waals surface area (Å²) < 4.78 is 0. The van der Waals surface area contributed by atoms with Crippen molar-refractivity contribution < 1.29 is 4.79 Å². The van der Waals surface area contributed by atoms with Crippen molar-refractivity contribution in [1.29, 1.82) is 0 Å². The number of carbonyl (C=O) groups is 1. The van der Waals surface area contributed by atoms with Gasteiger partial charge in [0.2, 0.25) is 5.91 Å². The number of nitrogens with zero attached hydrogens (tertiary/aromatic N) is 3. The van der Waals surface area contributed by atoms with Crippen molar-refractivity contribution >= 4 is 23.2 Å². The molecule has 0 aliphatic carbocycles. The van der Waals surface area contributed by atoms with Crippen LogP contribution in [0.4, 0.5) is 5.69 Å². The zero-order valence-corrected chi connectivity index (χ0v) is 15.2. The Labute approximate surface area is 153 Å². The van der Waals surface area contributed by atoms with E-state index in [1.54, 1.807) is 0 Å². The molecule has 1 aromatic heterocycles. The molecule has 0 bridgehead atoms. The predicted octanol–water partition coefficient (Wildman–Crippen LogP) is 3.45. The number of amides is 1. The second-order valence-electron chi connectivity index (χ2n) is 7.06. The summed E-state index contributed by atoms with van der Waals surface area (Å²) in [5.41, 5.74) is 4.60. The number of hydrogen-bond acceptors (Lipinski definition) is 3. The summed E-state index contributed by atoms with van der Waals surface area (Å²) in [4.78, 5) is 21.4. The zero-order chi connectivity index (χ0) is 17.4. The van der Waals surface area contributed by atoms with Gasteiger partial charge in [0.05, 0.1) is 0 Å². The van der Waals surface area contributed by atoms with Crippen molar-refractivity contribution in [2.75, 3.05) is 24.5 Å². The third kappa shape index (κ3) is 3.36. The summed E-state index contributed by atoms with van der Waals surface area (Å²) in [6, 6.07) is 12.3. The van der Waals surface area contributed by atoms with E-state index in [1.807, 2.05) is 24.0 Å². The molecule has 2 aliphatic rings. The molecule has 1 aromatic carbocycles. The molecule has 0 unspecified atom stereocenters. The van der Waals surface area contributed by atoms with Crippen LogP contribution in [0.1, 0.15) is 23.2 Å². The third-order valence-electron chi connectivity index (χ3n) is 5.26. The second kappa shape index (κ2) is 6.68. The maximum atomic E-state index is 12.7. The molecule has 5 heteroatoms. The fraction of sp³-hybridized carbons (Fsp3) is 0.400. The highest BCUT2D eigenvalue weighted by molar-refractivity contribution is 6.29. The highest BCUT2D eigenvalue weighted by Crippen LogP contribution is 2.28. The van der Waals surface area contributed by atoms with Gasteiger partial charge in [-0.15, -0.1) is 0 Å². The highest BCUT2D eigenvalue weighted by atomic mass is 35.5. The van der Waals surface area contributed by atoms with E-state index in [9.17, 15) is 4.79 Å². The number of benzene rings is 1. The van der Waals surface area contributed by atoms with Crippen molar-refractivity contribution in [2.45, 2.75) is 26.3 Å². The Morgan fingerprint density at radius 1 is 1.28 bits per heavy atom. The second-order valence-corrected chi connectivity index (χ2v) is 7.45. The van der Waals surface area contributed by atoms with Gasteiger partial charge in [-0.25, -0.2) is 4.98 Å². The molecule has 130 valence electrons. The summed E-state index contributed by atoms with van der Waals surface area (Å²) in [5.74, 6) is 0.719. The Morgan fingerprint density at radius 2 is 2.04 bits per heavy atom. The van der Waals surface area contributed by atoms with E-state index in [2.05, 4.69) is 34.1 Å². The molecule has 2 aliphatic heterocycles. The minimum atomic E-state index is 0.262. The molecule has 0 saturated carbocycles. The van der Waals surface area contributed by atoms with Crippen LogP contribution >= 0.6 is 11.6 Å². The first-order valence-electron chi connectivity index (χ1n) is 8.83. The van der Waals surface area contributed by atoms with Gasteiger partial charge < -0.3 is 9.80 Å². The van der Waals surface area contributed by atoms with E-state index in [1.165, 1.54) is 11.3 Å². The van der Waals surface area contributed by atoms with Crippen LogP contribution in [-0.4, -0.2) is 35.4 Å². The Balaban J connectivity index is 1.34. The molecule has 25 heavy (non-hydrogen) atoms. The fourth-order valence-corrected chi connectivity index (χ4v) is 4.06. The average Bonchev–Trinajstić information content (AvgIpc) is 2.58. The molecule has 1 fully saturated rings. The van der Waals surface area contributed by atoms with Crippen LogP contribution in [0.5, 0.6) is 0 Å². The van der Waals surface area contributed by atoms with Crippen LogP contribution in [0.25, 0.3) is 0 Å². The summed E-state index contributed by atoms with van der Waals surface area (Å²) in [7, 11) is 0. The molecule has 4 nitrogen and oxygen atoms in total. The molecule has 3 heterocycles.